The highest BCUT2D eigenvalue weighted by Gasteiger charge is 2.36. The van der Waals surface area contributed by atoms with Crippen LogP contribution >= 0.6 is 23.1 Å². The summed E-state index contributed by atoms with van der Waals surface area (Å²) < 4.78 is 39.9. The van der Waals surface area contributed by atoms with Crippen LogP contribution in [0.1, 0.15) is 50.2 Å². The number of hydrogen-bond acceptors (Lipinski definition) is 5. The van der Waals surface area contributed by atoms with Gasteiger partial charge < -0.3 is 10.2 Å². The fourth-order valence-corrected chi connectivity index (χ4v) is 5.46. The van der Waals surface area contributed by atoms with Gasteiger partial charge in [-0.3, -0.25) is 9.59 Å². The van der Waals surface area contributed by atoms with Crippen LogP contribution in [0.2, 0.25) is 0 Å². The number of piperidine rings is 1. The van der Waals surface area contributed by atoms with Crippen LogP contribution in [0.25, 0.3) is 0 Å². The number of carbonyl (C=O) groups excluding carboxylic acids is 2. The van der Waals surface area contributed by atoms with Crippen LogP contribution in [-0.2, 0) is 6.18 Å². The largest absolute Gasteiger partial charge is 0.417 e. The van der Waals surface area contributed by atoms with Crippen LogP contribution in [-0.4, -0.2) is 41.0 Å². The number of carbonyl (C=O) groups is 2. The van der Waals surface area contributed by atoms with Gasteiger partial charge in [0.15, 0.2) is 0 Å². The number of alkyl halides is 3. The number of nitrogens with zero attached hydrogens (tertiary/aromatic N) is 2. The van der Waals surface area contributed by atoms with Crippen molar-refractivity contribution in [2.45, 2.75) is 29.8 Å². The molecule has 34 heavy (non-hydrogen) atoms. The summed E-state index contributed by atoms with van der Waals surface area (Å²) in [6, 6.07) is 12.4. The van der Waals surface area contributed by atoms with Crippen molar-refractivity contribution in [3.63, 3.8) is 0 Å². The van der Waals surface area contributed by atoms with Gasteiger partial charge in [-0.15, -0.1) is 23.1 Å². The summed E-state index contributed by atoms with van der Waals surface area (Å²) in [5.74, 6) is -0.856. The van der Waals surface area contributed by atoms with E-state index in [4.69, 9.17) is 0 Å². The molecule has 1 N–H and O–H groups in total. The monoisotopic (exact) mass is 505 g/mol. The zero-order valence-electron chi connectivity index (χ0n) is 18.3. The highest BCUT2D eigenvalue weighted by Crippen LogP contribution is 2.35. The van der Waals surface area contributed by atoms with Crippen LogP contribution in [0.3, 0.4) is 0 Å². The molecule has 1 aliphatic rings. The molecule has 5 nitrogen and oxygen atoms in total. The Morgan fingerprint density at radius 1 is 1.09 bits per heavy atom. The van der Waals surface area contributed by atoms with E-state index in [1.165, 1.54) is 46.2 Å². The van der Waals surface area contributed by atoms with Crippen molar-refractivity contribution >= 4 is 40.6 Å². The molecular weight excluding hydrogens is 483 g/mol. The Morgan fingerprint density at radius 3 is 2.47 bits per heavy atom. The van der Waals surface area contributed by atoms with Gasteiger partial charge in [0, 0.05) is 29.3 Å². The number of amides is 2. The molecule has 0 unspecified atom stereocenters. The summed E-state index contributed by atoms with van der Waals surface area (Å²) in [7, 11) is 0. The van der Waals surface area contributed by atoms with E-state index in [9.17, 15) is 22.8 Å². The predicted molar refractivity (Wildman–Crippen MR) is 128 cm³/mol. The smallest absolute Gasteiger partial charge is 0.339 e. The molecular formula is C24H22F3N3O2S2. The molecule has 0 aliphatic carbocycles. The molecule has 3 aromatic rings. The van der Waals surface area contributed by atoms with Gasteiger partial charge in [-0.1, -0.05) is 24.3 Å². The minimum atomic E-state index is -4.58. The lowest BCUT2D eigenvalue weighted by Gasteiger charge is -2.31. The van der Waals surface area contributed by atoms with E-state index in [0.717, 1.165) is 21.7 Å². The average molecular weight is 506 g/mol. The number of nitrogens with one attached hydrogen (secondary N) is 1. The molecule has 10 heteroatoms. The van der Waals surface area contributed by atoms with Crippen molar-refractivity contribution < 1.29 is 22.8 Å². The molecule has 1 aliphatic heterocycles. The molecule has 0 spiro atoms. The highest BCUT2D eigenvalue weighted by atomic mass is 32.2. The molecule has 178 valence electrons. The van der Waals surface area contributed by atoms with Crippen LogP contribution in [0, 0.1) is 0 Å². The van der Waals surface area contributed by atoms with Gasteiger partial charge in [-0.05, 0) is 43.4 Å². The van der Waals surface area contributed by atoms with Crippen LogP contribution in [0.15, 0.2) is 58.8 Å². The summed E-state index contributed by atoms with van der Waals surface area (Å²) in [4.78, 5) is 32.4. The third kappa shape index (κ3) is 5.28. The Labute approximate surface area is 203 Å². The maximum atomic E-state index is 13.3. The van der Waals surface area contributed by atoms with E-state index in [2.05, 4.69) is 10.3 Å². The minimum Gasteiger partial charge on any atom is -0.339 e. The molecule has 2 amide bonds. The Balaban J connectivity index is 1.39. The summed E-state index contributed by atoms with van der Waals surface area (Å²) >= 11 is 2.92. The van der Waals surface area contributed by atoms with Gasteiger partial charge in [0.1, 0.15) is 5.69 Å². The third-order valence-corrected chi connectivity index (χ3v) is 7.51. The molecule has 0 bridgehead atoms. The van der Waals surface area contributed by atoms with Gasteiger partial charge in [-0.25, -0.2) is 4.98 Å². The maximum absolute atomic E-state index is 13.3. The van der Waals surface area contributed by atoms with Crippen molar-refractivity contribution in [2.24, 2.45) is 0 Å². The number of hydrogen-bond donors (Lipinski definition) is 1. The number of benzene rings is 2. The maximum Gasteiger partial charge on any atom is 0.417 e. The van der Waals surface area contributed by atoms with Gasteiger partial charge >= 0.3 is 6.18 Å². The molecule has 0 atom stereocenters. The van der Waals surface area contributed by atoms with E-state index >= 15 is 0 Å². The van der Waals surface area contributed by atoms with Crippen LogP contribution in [0.5, 0.6) is 0 Å². The number of rotatable bonds is 5. The second-order valence-electron chi connectivity index (χ2n) is 7.84. The molecule has 0 radical (unpaired) electrons. The standard InChI is InChI=1S/C24H22F3N3O2S2/c1-33-20-9-5-4-8-18(20)28-21(31)19-14-34-22(29-19)15-10-12-30(13-11-15)23(32)16-6-2-3-7-17(16)24(25,26)27/h2-9,14-15H,10-13H2,1H3,(H,28,31). The zero-order valence-corrected chi connectivity index (χ0v) is 19.9. The first-order valence-electron chi connectivity index (χ1n) is 10.6. The van der Waals surface area contributed by atoms with E-state index in [-0.39, 0.29) is 17.4 Å². The van der Waals surface area contributed by atoms with Gasteiger partial charge in [0.05, 0.1) is 21.8 Å². The Hall–Kier alpha value is -2.85. The number of likely N-dealkylation sites (tertiary alicyclic amines) is 1. The molecule has 4 rings (SSSR count). The topological polar surface area (TPSA) is 62.3 Å². The number of aromatic nitrogens is 1. The third-order valence-electron chi connectivity index (χ3n) is 5.70. The van der Waals surface area contributed by atoms with E-state index in [1.54, 1.807) is 5.38 Å². The summed E-state index contributed by atoms with van der Waals surface area (Å²) in [5, 5.41) is 5.40. The lowest BCUT2D eigenvalue weighted by Crippen LogP contribution is -2.38. The summed E-state index contributed by atoms with van der Waals surface area (Å²) in [6.07, 6.45) is -1.50. The molecule has 1 fully saturated rings. The second-order valence-corrected chi connectivity index (χ2v) is 9.57. The highest BCUT2D eigenvalue weighted by molar-refractivity contribution is 7.98. The molecule has 2 heterocycles. The predicted octanol–water partition coefficient (Wildman–Crippen LogP) is 6.16. The number of anilines is 1. The fraction of sp³-hybridized carbons (Fsp3) is 0.292. The van der Waals surface area contributed by atoms with E-state index in [1.807, 2.05) is 30.5 Å². The fourth-order valence-electron chi connectivity index (χ4n) is 3.93. The van der Waals surface area contributed by atoms with Crippen molar-refractivity contribution in [1.29, 1.82) is 0 Å². The number of halogens is 3. The van der Waals surface area contributed by atoms with Gasteiger partial charge in [-0.2, -0.15) is 13.2 Å². The Bertz CT molecular complexity index is 1190. The summed E-state index contributed by atoms with van der Waals surface area (Å²) in [6.45, 7) is 0.662. The first kappa shape index (κ1) is 24.3. The van der Waals surface area contributed by atoms with E-state index in [0.29, 0.717) is 31.6 Å². The lowest BCUT2D eigenvalue weighted by atomic mass is 9.96. The summed E-state index contributed by atoms with van der Waals surface area (Å²) in [5.41, 5.74) is -0.193. The minimum absolute atomic E-state index is 0.0481. The first-order chi connectivity index (χ1) is 16.3. The number of thiazole rings is 1. The van der Waals surface area contributed by atoms with E-state index < -0.39 is 17.6 Å². The Kier molecular flexibility index (Phi) is 7.27. The molecule has 2 aromatic carbocycles. The number of thioether (sulfide) groups is 1. The molecule has 1 aromatic heterocycles. The van der Waals surface area contributed by atoms with Crippen molar-refractivity contribution in [1.82, 2.24) is 9.88 Å². The van der Waals surface area contributed by atoms with Gasteiger partial charge in [0.25, 0.3) is 11.8 Å². The first-order valence-corrected chi connectivity index (χ1v) is 12.7. The van der Waals surface area contributed by atoms with Crippen molar-refractivity contribution in [2.75, 3.05) is 24.7 Å². The van der Waals surface area contributed by atoms with Crippen molar-refractivity contribution in [3.8, 4) is 0 Å². The van der Waals surface area contributed by atoms with Gasteiger partial charge in [0.2, 0.25) is 0 Å². The van der Waals surface area contributed by atoms with Crippen LogP contribution < -0.4 is 5.32 Å². The normalized spacial score (nSPS) is 14.8. The van der Waals surface area contributed by atoms with Crippen molar-refractivity contribution in [3.05, 3.63) is 75.7 Å². The van der Waals surface area contributed by atoms with Crippen LogP contribution in [0.4, 0.5) is 18.9 Å². The number of para-hydroxylation sites is 1. The quantitative estimate of drug-likeness (QED) is 0.422. The Morgan fingerprint density at radius 2 is 1.76 bits per heavy atom. The molecule has 0 saturated carbocycles. The lowest BCUT2D eigenvalue weighted by molar-refractivity contribution is -0.138. The average Bonchev–Trinajstić information content (AvgIpc) is 3.34. The molecule has 1 saturated heterocycles. The zero-order chi connectivity index (χ0) is 24.3. The SMILES string of the molecule is CSc1ccccc1NC(=O)c1csc(C2CCN(C(=O)c3ccccc3C(F)(F)F)CC2)n1. The second kappa shape index (κ2) is 10.2.